The Labute approximate surface area is 167 Å². The first-order valence-corrected chi connectivity index (χ1v) is 10.2. The largest absolute Gasteiger partial charge is 0.375 e. The Bertz CT molecular complexity index is 687. The van der Waals surface area contributed by atoms with Crippen molar-refractivity contribution in [3.8, 4) is 0 Å². The van der Waals surface area contributed by atoms with E-state index >= 15 is 0 Å². The second-order valence-corrected chi connectivity index (χ2v) is 7.31. The molecule has 3 heterocycles. The number of nitrogens with zero attached hydrogens (tertiary/aromatic N) is 5. The smallest absolute Gasteiger partial charge is 0.219 e. The summed E-state index contributed by atoms with van der Waals surface area (Å²) in [5.41, 5.74) is 1.14. The lowest BCUT2D eigenvalue weighted by atomic mass is 10.2. The number of hydrogen-bond donors (Lipinski definition) is 1. The maximum absolute atomic E-state index is 11.5. The van der Waals surface area contributed by atoms with Crippen LogP contribution in [0.15, 0.2) is 23.3 Å². The highest BCUT2D eigenvalue weighted by Crippen LogP contribution is 2.17. The van der Waals surface area contributed by atoms with Gasteiger partial charge in [0.2, 0.25) is 5.91 Å². The highest BCUT2D eigenvalue weighted by molar-refractivity contribution is 5.80. The van der Waals surface area contributed by atoms with E-state index in [9.17, 15) is 4.79 Å². The number of morpholine rings is 1. The van der Waals surface area contributed by atoms with E-state index in [1.54, 1.807) is 6.92 Å². The maximum atomic E-state index is 11.5. The number of guanidine groups is 1. The molecule has 2 fully saturated rings. The van der Waals surface area contributed by atoms with E-state index in [-0.39, 0.29) is 12.0 Å². The fraction of sp³-hybridized carbons (Fsp3) is 0.650. The molecular formula is C20H32N6O2. The summed E-state index contributed by atoms with van der Waals surface area (Å²) in [4.78, 5) is 27.3. The minimum atomic E-state index is 0.142. The lowest BCUT2D eigenvalue weighted by molar-refractivity contribution is -0.130. The molecule has 1 aromatic rings. The number of carbonyl (C=O) groups excluding carboxylic acids is 1. The van der Waals surface area contributed by atoms with Crippen molar-refractivity contribution in [3.05, 3.63) is 23.9 Å². The number of pyridine rings is 1. The minimum Gasteiger partial charge on any atom is -0.375 e. The molecule has 0 radical (unpaired) electrons. The predicted molar refractivity (Wildman–Crippen MR) is 111 cm³/mol. The molecule has 8 heteroatoms. The second-order valence-electron chi connectivity index (χ2n) is 7.31. The summed E-state index contributed by atoms with van der Waals surface area (Å²) in [6.07, 6.45) is 2.09. The van der Waals surface area contributed by atoms with Crippen LogP contribution in [0.4, 0.5) is 5.82 Å². The van der Waals surface area contributed by atoms with Gasteiger partial charge in [-0.3, -0.25) is 4.79 Å². The van der Waals surface area contributed by atoms with E-state index < -0.39 is 0 Å². The Morgan fingerprint density at radius 3 is 2.71 bits per heavy atom. The molecule has 1 unspecified atom stereocenters. The van der Waals surface area contributed by atoms with Crippen molar-refractivity contribution < 1.29 is 9.53 Å². The van der Waals surface area contributed by atoms with Crippen LogP contribution in [0, 0.1) is 0 Å². The molecule has 3 rings (SSSR count). The molecule has 28 heavy (non-hydrogen) atoms. The molecule has 2 saturated heterocycles. The average Bonchev–Trinajstić information content (AvgIpc) is 2.71. The molecule has 0 aliphatic carbocycles. The van der Waals surface area contributed by atoms with Gasteiger partial charge in [-0.05, 0) is 31.5 Å². The Hall–Kier alpha value is -2.35. The van der Waals surface area contributed by atoms with Crippen LogP contribution in [0.1, 0.15) is 26.3 Å². The molecule has 0 saturated carbocycles. The fourth-order valence-corrected chi connectivity index (χ4v) is 3.58. The van der Waals surface area contributed by atoms with Crippen LogP contribution in [-0.2, 0) is 16.1 Å². The third kappa shape index (κ3) is 5.34. The molecule has 1 atom stereocenters. The highest BCUT2D eigenvalue weighted by atomic mass is 16.5. The zero-order valence-electron chi connectivity index (χ0n) is 17.2. The van der Waals surface area contributed by atoms with E-state index in [2.05, 4.69) is 40.0 Å². The maximum Gasteiger partial charge on any atom is 0.219 e. The van der Waals surface area contributed by atoms with Gasteiger partial charge in [-0.15, -0.1) is 0 Å². The van der Waals surface area contributed by atoms with Gasteiger partial charge >= 0.3 is 0 Å². The molecule has 8 nitrogen and oxygen atoms in total. The van der Waals surface area contributed by atoms with Crippen molar-refractivity contribution in [2.24, 2.45) is 4.99 Å². The lowest BCUT2D eigenvalue weighted by Gasteiger charge is -2.36. The number of anilines is 1. The first kappa shape index (κ1) is 20.4. The number of rotatable bonds is 4. The van der Waals surface area contributed by atoms with Crippen LogP contribution < -0.4 is 10.2 Å². The summed E-state index contributed by atoms with van der Waals surface area (Å²) < 4.78 is 5.63. The molecule has 0 bridgehead atoms. The van der Waals surface area contributed by atoms with Crippen molar-refractivity contribution in [2.45, 2.75) is 33.4 Å². The van der Waals surface area contributed by atoms with E-state index in [1.165, 1.54) is 0 Å². The van der Waals surface area contributed by atoms with Gasteiger partial charge in [-0.1, -0.05) is 0 Å². The van der Waals surface area contributed by atoms with Gasteiger partial charge in [0.05, 0.1) is 19.3 Å². The van der Waals surface area contributed by atoms with Crippen molar-refractivity contribution in [2.75, 3.05) is 57.3 Å². The monoisotopic (exact) mass is 388 g/mol. The number of amides is 1. The van der Waals surface area contributed by atoms with Gasteiger partial charge in [0, 0.05) is 58.9 Å². The molecule has 0 spiro atoms. The summed E-state index contributed by atoms with van der Waals surface area (Å²) in [6, 6.07) is 4.15. The van der Waals surface area contributed by atoms with Gasteiger partial charge in [0.1, 0.15) is 5.82 Å². The Morgan fingerprint density at radius 2 is 2.04 bits per heavy atom. The summed E-state index contributed by atoms with van der Waals surface area (Å²) in [7, 11) is 0. The quantitative estimate of drug-likeness (QED) is 0.611. The third-order valence-corrected chi connectivity index (χ3v) is 5.15. The van der Waals surface area contributed by atoms with Crippen molar-refractivity contribution in [1.82, 2.24) is 20.1 Å². The van der Waals surface area contributed by atoms with Gasteiger partial charge in [-0.2, -0.15) is 0 Å². The zero-order chi connectivity index (χ0) is 19.9. The van der Waals surface area contributed by atoms with Crippen LogP contribution in [0.2, 0.25) is 0 Å². The van der Waals surface area contributed by atoms with Crippen LogP contribution in [0.3, 0.4) is 0 Å². The molecular weight excluding hydrogens is 356 g/mol. The molecule has 2 aliphatic rings. The topological polar surface area (TPSA) is 73.3 Å². The van der Waals surface area contributed by atoms with Gasteiger partial charge < -0.3 is 24.8 Å². The first-order valence-electron chi connectivity index (χ1n) is 10.2. The van der Waals surface area contributed by atoms with Crippen LogP contribution >= 0.6 is 0 Å². The number of aliphatic imine (C=N–C) groups is 1. The standard InChI is InChI=1S/C20H32N6O2/c1-4-21-20(25-9-7-24(8-10-25)17(3)27)23-14-18-5-6-22-19(13-18)26-11-12-28-16(2)15-26/h5-6,13,16H,4,7-12,14-15H2,1-3H3,(H,21,23). The van der Waals surface area contributed by atoms with E-state index in [4.69, 9.17) is 9.73 Å². The third-order valence-electron chi connectivity index (χ3n) is 5.15. The summed E-state index contributed by atoms with van der Waals surface area (Å²) >= 11 is 0. The van der Waals surface area contributed by atoms with Crippen molar-refractivity contribution in [3.63, 3.8) is 0 Å². The van der Waals surface area contributed by atoms with Gasteiger partial charge in [0.15, 0.2) is 5.96 Å². The van der Waals surface area contributed by atoms with Gasteiger partial charge in [0.25, 0.3) is 0 Å². The summed E-state index contributed by atoms with van der Waals surface area (Å²) in [5, 5.41) is 3.38. The normalized spacial score (nSPS) is 21.0. The summed E-state index contributed by atoms with van der Waals surface area (Å²) in [5.74, 6) is 2.04. The molecule has 1 amide bonds. The Morgan fingerprint density at radius 1 is 1.29 bits per heavy atom. The molecule has 0 aromatic carbocycles. The number of aromatic nitrogens is 1. The molecule has 154 valence electrons. The van der Waals surface area contributed by atoms with Crippen LogP contribution in [0.25, 0.3) is 0 Å². The van der Waals surface area contributed by atoms with Crippen LogP contribution in [0.5, 0.6) is 0 Å². The molecule has 1 aromatic heterocycles. The number of ether oxygens (including phenoxy) is 1. The average molecular weight is 389 g/mol. The van der Waals surface area contributed by atoms with Gasteiger partial charge in [-0.25, -0.2) is 9.98 Å². The first-order chi connectivity index (χ1) is 13.6. The Balaban J connectivity index is 1.64. The number of hydrogen-bond acceptors (Lipinski definition) is 5. The number of nitrogens with one attached hydrogen (secondary N) is 1. The Kier molecular flexibility index (Phi) is 7.08. The number of carbonyl (C=O) groups is 1. The van der Waals surface area contributed by atoms with E-state index in [0.717, 1.165) is 69.8 Å². The molecule has 2 aliphatic heterocycles. The molecule has 1 N–H and O–H groups in total. The van der Waals surface area contributed by atoms with Crippen molar-refractivity contribution in [1.29, 1.82) is 0 Å². The number of piperazine rings is 1. The lowest BCUT2D eigenvalue weighted by Crippen LogP contribution is -2.53. The van der Waals surface area contributed by atoms with Crippen molar-refractivity contribution >= 4 is 17.7 Å². The van der Waals surface area contributed by atoms with E-state index in [0.29, 0.717) is 6.54 Å². The van der Waals surface area contributed by atoms with E-state index in [1.807, 2.05) is 17.2 Å². The second kappa shape index (κ2) is 9.73. The predicted octanol–water partition coefficient (Wildman–Crippen LogP) is 0.936. The fourth-order valence-electron chi connectivity index (χ4n) is 3.58. The van der Waals surface area contributed by atoms with Crippen LogP contribution in [-0.4, -0.2) is 85.2 Å². The highest BCUT2D eigenvalue weighted by Gasteiger charge is 2.21. The minimum absolute atomic E-state index is 0.142. The SMILES string of the molecule is CCNC(=NCc1ccnc(N2CCOC(C)C2)c1)N1CCN(C(C)=O)CC1. The zero-order valence-corrected chi connectivity index (χ0v) is 17.2. The summed E-state index contributed by atoms with van der Waals surface area (Å²) in [6.45, 7) is 12.8.